The third kappa shape index (κ3) is 11.7. The van der Waals surface area contributed by atoms with Crippen LogP contribution >= 0.6 is 0 Å². The summed E-state index contributed by atoms with van der Waals surface area (Å²) in [6.07, 6.45) is 13.6. The lowest BCUT2D eigenvalue weighted by Crippen LogP contribution is -2.37. The third-order valence-electron chi connectivity index (χ3n) is 8.17. The number of carbonyl (C=O) groups excluding carboxylic acids is 1. The van der Waals surface area contributed by atoms with E-state index in [1.165, 1.54) is 51.4 Å². The van der Waals surface area contributed by atoms with E-state index in [0.29, 0.717) is 6.42 Å². The molecule has 2 aromatic carbocycles. The highest BCUT2D eigenvalue weighted by Gasteiger charge is 2.46. The zero-order chi connectivity index (χ0) is 30.7. The fraction of sp³-hybridized carbons (Fsp3) is 0.556. The molecule has 7 nitrogen and oxygen atoms in total. The fourth-order valence-corrected chi connectivity index (χ4v) is 5.64. The van der Waals surface area contributed by atoms with E-state index < -0.39 is 36.5 Å². The van der Waals surface area contributed by atoms with Crippen LogP contribution in [0.15, 0.2) is 72.2 Å². The van der Waals surface area contributed by atoms with E-state index in [2.05, 4.69) is 6.92 Å². The van der Waals surface area contributed by atoms with Crippen molar-refractivity contribution in [1.29, 1.82) is 0 Å². The van der Waals surface area contributed by atoms with Gasteiger partial charge in [-0.05, 0) is 17.5 Å². The normalized spacial score (nSPS) is 16.1. The Morgan fingerprint density at radius 1 is 0.767 bits per heavy atom. The number of carboxylic acid groups (broad SMARTS) is 1. The zero-order valence-corrected chi connectivity index (χ0v) is 25.8. The number of carboxylic acids is 1. The van der Waals surface area contributed by atoms with Crippen LogP contribution in [0.5, 0.6) is 0 Å². The number of aliphatic carboxylic acids is 1. The SMILES string of the molecule is CCCCCCCCCCCCCCC(C(=O)O)[C@@H](CO)[C@H]1OC(=O)C(OCc2ccccc2)=C1OCc1ccccc1. The molecule has 1 unspecified atom stereocenters. The quantitative estimate of drug-likeness (QED) is 0.0994. The summed E-state index contributed by atoms with van der Waals surface area (Å²) in [5.41, 5.74) is 1.74. The van der Waals surface area contributed by atoms with Gasteiger partial charge in [0.2, 0.25) is 5.76 Å². The van der Waals surface area contributed by atoms with Gasteiger partial charge in [0.1, 0.15) is 13.2 Å². The van der Waals surface area contributed by atoms with E-state index >= 15 is 0 Å². The van der Waals surface area contributed by atoms with E-state index in [1.54, 1.807) is 0 Å². The molecular weight excluding hydrogens is 544 g/mol. The van der Waals surface area contributed by atoms with Crippen molar-refractivity contribution in [3.63, 3.8) is 0 Å². The molecule has 0 bridgehead atoms. The number of unbranched alkanes of at least 4 members (excludes halogenated alkanes) is 11. The number of hydrogen-bond acceptors (Lipinski definition) is 6. The molecule has 43 heavy (non-hydrogen) atoms. The molecule has 1 heterocycles. The largest absolute Gasteiger partial charge is 0.485 e. The first kappa shape index (κ1) is 34.2. The van der Waals surface area contributed by atoms with Crippen molar-refractivity contribution >= 4 is 11.9 Å². The van der Waals surface area contributed by atoms with Gasteiger partial charge < -0.3 is 24.4 Å². The summed E-state index contributed by atoms with van der Waals surface area (Å²) in [6, 6.07) is 18.9. The first-order chi connectivity index (χ1) is 21.0. The van der Waals surface area contributed by atoms with Crippen molar-refractivity contribution in [2.45, 2.75) is 110 Å². The number of hydrogen-bond donors (Lipinski definition) is 2. The minimum atomic E-state index is -1.05. The van der Waals surface area contributed by atoms with Gasteiger partial charge in [-0.25, -0.2) is 4.79 Å². The summed E-state index contributed by atoms with van der Waals surface area (Å²) in [5, 5.41) is 20.6. The van der Waals surface area contributed by atoms with Crippen LogP contribution in [0, 0.1) is 11.8 Å². The lowest BCUT2D eigenvalue weighted by Gasteiger charge is -2.28. The molecular formula is C36H50O7. The number of aliphatic hydroxyl groups is 1. The molecule has 0 spiro atoms. The predicted octanol–water partition coefficient (Wildman–Crippen LogP) is 7.96. The Bertz CT molecular complexity index is 1100. The monoisotopic (exact) mass is 594 g/mol. The molecule has 2 N–H and O–H groups in total. The van der Waals surface area contributed by atoms with Crippen LogP contribution in [-0.4, -0.2) is 34.9 Å². The fourth-order valence-electron chi connectivity index (χ4n) is 5.64. The van der Waals surface area contributed by atoms with Gasteiger partial charge in [0.05, 0.1) is 12.5 Å². The topological polar surface area (TPSA) is 102 Å². The van der Waals surface area contributed by atoms with Crippen LogP contribution in [0.25, 0.3) is 0 Å². The van der Waals surface area contributed by atoms with E-state index in [4.69, 9.17) is 14.2 Å². The van der Waals surface area contributed by atoms with E-state index in [9.17, 15) is 19.8 Å². The second-order valence-electron chi connectivity index (χ2n) is 11.5. The minimum Gasteiger partial charge on any atom is -0.485 e. The molecule has 0 saturated heterocycles. The Kier molecular flexibility index (Phi) is 15.7. The van der Waals surface area contributed by atoms with Crippen LogP contribution in [0.2, 0.25) is 0 Å². The third-order valence-corrected chi connectivity index (χ3v) is 8.17. The first-order valence-electron chi connectivity index (χ1n) is 16.2. The maximum absolute atomic E-state index is 13.0. The van der Waals surface area contributed by atoms with Crippen molar-refractivity contribution in [3.05, 3.63) is 83.3 Å². The van der Waals surface area contributed by atoms with Crippen molar-refractivity contribution in [2.75, 3.05) is 6.61 Å². The van der Waals surface area contributed by atoms with E-state index in [0.717, 1.165) is 36.8 Å². The maximum atomic E-state index is 13.0. The standard InChI is InChI=1S/C36H50O7/c1-2-3-4-5-6-7-8-9-10-11-12-19-24-30(35(38)39)31(25-37)32-33(41-26-28-20-15-13-16-21-28)34(36(40)43-32)42-27-29-22-17-14-18-23-29/h13-18,20-23,30-32,37H,2-12,19,24-27H2,1H3,(H,38,39)/t30?,31-,32-/m1/s1. The Labute approximate surface area is 257 Å². The van der Waals surface area contributed by atoms with Gasteiger partial charge >= 0.3 is 11.9 Å². The summed E-state index contributed by atoms with van der Waals surface area (Å²) in [7, 11) is 0. The number of rotatable bonds is 23. The number of carbonyl (C=O) groups is 2. The Morgan fingerprint density at radius 3 is 1.74 bits per heavy atom. The second-order valence-corrected chi connectivity index (χ2v) is 11.5. The minimum absolute atomic E-state index is 0.0715. The number of cyclic esters (lactones) is 1. The lowest BCUT2D eigenvalue weighted by molar-refractivity contribution is -0.154. The molecule has 0 aromatic heterocycles. The van der Waals surface area contributed by atoms with Crippen LogP contribution in [0.4, 0.5) is 0 Å². The average molecular weight is 595 g/mol. The highest BCUT2D eigenvalue weighted by Crippen LogP contribution is 2.36. The summed E-state index contributed by atoms with van der Waals surface area (Å²) in [5.74, 6) is -3.41. The van der Waals surface area contributed by atoms with Crippen molar-refractivity contribution in [3.8, 4) is 0 Å². The van der Waals surface area contributed by atoms with Crippen LogP contribution < -0.4 is 0 Å². The molecule has 236 valence electrons. The number of benzene rings is 2. The van der Waals surface area contributed by atoms with Crippen LogP contribution in [0.1, 0.15) is 102 Å². The molecule has 0 radical (unpaired) electrons. The van der Waals surface area contributed by atoms with Gasteiger partial charge in [-0.1, -0.05) is 145 Å². The van der Waals surface area contributed by atoms with Gasteiger partial charge in [-0.2, -0.15) is 0 Å². The van der Waals surface area contributed by atoms with Gasteiger partial charge in [0.25, 0.3) is 0 Å². The number of aliphatic hydroxyl groups excluding tert-OH is 1. The highest BCUT2D eigenvalue weighted by molar-refractivity contribution is 5.89. The molecule has 1 aliphatic rings. The molecule has 3 atom stereocenters. The molecule has 0 fully saturated rings. The van der Waals surface area contributed by atoms with Gasteiger partial charge in [0, 0.05) is 5.92 Å². The van der Waals surface area contributed by atoms with Crippen LogP contribution in [0.3, 0.4) is 0 Å². The zero-order valence-electron chi connectivity index (χ0n) is 25.8. The summed E-state index contributed by atoms with van der Waals surface area (Å²) in [6.45, 7) is 2.05. The second kappa shape index (κ2) is 19.8. The van der Waals surface area contributed by atoms with Gasteiger partial charge in [-0.15, -0.1) is 0 Å². The summed E-state index contributed by atoms with van der Waals surface area (Å²) < 4.78 is 17.7. The molecule has 0 aliphatic carbocycles. The van der Waals surface area contributed by atoms with Gasteiger partial charge in [0.15, 0.2) is 11.9 Å². The first-order valence-corrected chi connectivity index (χ1v) is 16.2. The Morgan fingerprint density at radius 2 is 1.26 bits per heavy atom. The smallest absolute Gasteiger partial charge is 0.378 e. The van der Waals surface area contributed by atoms with Crippen molar-refractivity contribution < 1.29 is 34.0 Å². The Balaban J connectivity index is 1.59. The number of esters is 1. The molecule has 0 amide bonds. The van der Waals surface area contributed by atoms with Gasteiger partial charge in [-0.3, -0.25) is 4.79 Å². The Hall–Kier alpha value is -3.32. The van der Waals surface area contributed by atoms with Crippen molar-refractivity contribution in [2.24, 2.45) is 11.8 Å². The highest BCUT2D eigenvalue weighted by atomic mass is 16.6. The van der Waals surface area contributed by atoms with E-state index in [1.807, 2.05) is 60.7 Å². The maximum Gasteiger partial charge on any atom is 0.378 e. The van der Waals surface area contributed by atoms with E-state index in [-0.39, 0.29) is 24.7 Å². The van der Waals surface area contributed by atoms with Crippen LogP contribution in [-0.2, 0) is 37.0 Å². The van der Waals surface area contributed by atoms with Crippen molar-refractivity contribution in [1.82, 2.24) is 0 Å². The molecule has 1 aliphatic heterocycles. The average Bonchev–Trinajstić information content (AvgIpc) is 3.33. The number of ether oxygens (including phenoxy) is 3. The predicted molar refractivity (Wildman–Crippen MR) is 167 cm³/mol. The molecule has 2 aromatic rings. The summed E-state index contributed by atoms with van der Waals surface area (Å²) in [4.78, 5) is 25.4. The molecule has 0 saturated carbocycles. The molecule has 3 rings (SSSR count). The lowest BCUT2D eigenvalue weighted by atomic mass is 9.83. The summed E-state index contributed by atoms with van der Waals surface area (Å²) >= 11 is 0. The molecule has 7 heteroatoms.